The summed E-state index contributed by atoms with van der Waals surface area (Å²) in [4.78, 5) is 29.9. The van der Waals surface area contributed by atoms with Crippen molar-refractivity contribution in [1.29, 1.82) is 0 Å². The molecule has 0 radical (unpaired) electrons. The van der Waals surface area contributed by atoms with E-state index in [9.17, 15) is 9.59 Å². The third-order valence-electron chi connectivity index (χ3n) is 3.83. The quantitative estimate of drug-likeness (QED) is 0.839. The Morgan fingerprint density at radius 2 is 2.12 bits per heavy atom. The number of H-pyrrole nitrogens is 1. The molecule has 24 heavy (non-hydrogen) atoms. The Hall–Kier alpha value is -3.10. The first-order valence-corrected chi connectivity index (χ1v) is 7.31. The van der Waals surface area contributed by atoms with E-state index in [-0.39, 0.29) is 30.7 Å². The fourth-order valence-corrected chi connectivity index (χ4v) is 2.61. The summed E-state index contributed by atoms with van der Waals surface area (Å²) in [6, 6.07) is 5.20. The molecule has 126 valence electrons. The van der Waals surface area contributed by atoms with Gasteiger partial charge in [-0.2, -0.15) is 10.1 Å². The van der Waals surface area contributed by atoms with Gasteiger partial charge in [-0.05, 0) is 12.1 Å². The topological polar surface area (TPSA) is 109 Å². The number of hydrogen-bond acceptors (Lipinski definition) is 6. The van der Waals surface area contributed by atoms with Crippen molar-refractivity contribution in [3.8, 4) is 11.5 Å². The van der Waals surface area contributed by atoms with Crippen molar-refractivity contribution in [2.45, 2.75) is 6.42 Å². The molecule has 0 bridgehead atoms. The second-order valence-corrected chi connectivity index (χ2v) is 5.27. The van der Waals surface area contributed by atoms with Gasteiger partial charge >= 0.3 is 0 Å². The van der Waals surface area contributed by atoms with Crippen LogP contribution in [-0.2, 0) is 9.59 Å². The van der Waals surface area contributed by atoms with Gasteiger partial charge in [0.2, 0.25) is 17.8 Å². The van der Waals surface area contributed by atoms with E-state index in [1.54, 1.807) is 30.2 Å². The van der Waals surface area contributed by atoms with Crippen molar-refractivity contribution in [2.24, 2.45) is 5.92 Å². The van der Waals surface area contributed by atoms with E-state index in [0.717, 1.165) is 0 Å². The highest BCUT2D eigenvalue weighted by Gasteiger charge is 2.35. The van der Waals surface area contributed by atoms with E-state index in [0.29, 0.717) is 17.2 Å². The maximum Gasteiger partial charge on any atom is 0.232 e. The van der Waals surface area contributed by atoms with Crippen LogP contribution in [0.25, 0.3) is 0 Å². The minimum Gasteiger partial charge on any atom is -0.493 e. The normalized spacial score (nSPS) is 17.0. The standard InChI is InChI=1S/C15H17N5O4/c1-23-11-4-3-10(6-12(11)24-2)20-7-9(5-13(20)21)14(22)18-15-16-8-17-19-15/h3-4,6,8-9H,5,7H2,1-2H3,(H2,16,17,18,19,22). The molecule has 0 saturated carbocycles. The molecule has 2 amide bonds. The highest BCUT2D eigenvalue weighted by molar-refractivity contribution is 6.03. The van der Waals surface area contributed by atoms with Gasteiger partial charge in [-0.15, -0.1) is 0 Å². The maximum absolute atomic E-state index is 12.3. The Balaban J connectivity index is 1.74. The number of ether oxygens (including phenoxy) is 2. The average Bonchev–Trinajstić information content (AvgIpc) is 3.23. The molecule has 2 N–H and O–H groups in total. The van der Waals surface area contributed by atoms with Gasteiger partial charge in [-0.25, -0.2) is 5.10 Å². The third-order valence-corrected chi connectivity index (χ3v) is 3.83. The van der Waals surface area contributed by atoms with Gasteiger partial charge in [0.1, 0.15) is 6.33 Å². The van der Waals surface area contributed by atoms with Crippen LogP contribution in [0.2, 0.25) is 0 Å². The van der Waals surface area contributed by atoms with E-state index < -0.39 is 5.92 Å². The van der Waals surface area contributed by atoms with Crippen molar-refractivity contribution in [3.63, 3.8) is 0 Å². The molecule has 1 aromatic carbocycles. The summed E-state index contributed by atoms with van der Waals surface area (Å²) in [6.07, 6.45) is 1.43. The van der Waals surface area contributed by atoms with Crippen molar-refractivity contribution < 1.29 is 19.1 Å². The fraction of sp³-hybridized carbons (Fsp3) is 0.333. The van der Waals surface area contributed by atoms with Gasteiger partial charge in [0, 0.05) is 24.7 Å². The summed E-state index contributed by atoms with van der Waals surface area (Å²) >= 11 is 0. The predicted molar refractivity (Wildman–Crippen MR) is 85.0 cm³/mol. The number of amides is 2. The summed E-state index contributed by atoms with van der Waals surface area (Å²) in [5, 5.41) is 8.82. The third kappa shape index (κ3) is 3.00. The molecule has 1 unspecified atom stereocenters. The number of carbonyl (C=O) groups is 2. The van der Waals surface area contributed by atoms with E-state index >= 15 is 0 Å². The molecule has 2 heterocycles. The molecule has 0 spiro atoms. The van der Waals surface area contributed by atoms with Crippen molar-refractivity contribution in [2.75, 3.05) is 31.0 Å². The largest absolute Gasteiger partial charge is 0.493 e. The van der Waals surface area contributed by atoms with Crippen molar-refractivity contribution >= 4 is 23.5 Å². The lowest BCUT2D eigenvalue weighted by Crippen LogP contribution is -2.28. The van der Waals surface area contributed by atoms with Crippen LogP contribution < -0.4 is 19.7 Å². The van der Waals surface area contributed by atoms with Crippen molar-refractivity contribution in [1.82, 2.24) is 15.2 Å². The van der Waals surface area contributed by atoms with Crippen LogP contribution in [0.5, 0.6) is 11.5 Å². The molecule has 1 fully saturated rings. The number of methoxy groups -OCH3 is 2. The SMILES string of the molecule is COc1ccc(N2CC(C(=O)Nc3ncn[nH]3)CC2=O)cc1OC. The number of benzene rings is 1. The van der Waals surface area contributed by atoms with Gasteiger partial charge in [0.05, 0.1) is 20.1 Å². The summed E-state index contributed by atoms with van der Waals surface area (Å²) in [7, 11) is 3.07. The Morgan fingerprint density at radius 3 is 2.79 bits per heavy atom. The highest BCUT2D eigenvalue weighted by Crippen LogP contribution is 2.34. The lowest BCUT2D eigenvalue weighted by Gasteiger charge is -2.18. The van der Waals surface area contributed by atoms with Crippen LogP contribution in [0.15, 0.2) is 24.5 Å². The Bertz CT molecular complexity index is 746. The lowest BCUT2D eigenvalue weighted by atomic mass is 10.1. The lowest BCUT2D eigenvalue weighted by molar-refractivity contribution is -0.122. The van der Waals surface area contributed by atoms with Crippen LogP contribution in [0.1, 0.15) is 6.42 Å². The molecular weight excluding hydrogens is 314 g/mol. The average molecular weight is 331 g/mol. The summed E-state index contributed by atoms with van der Waals surface area (Å²) in [6.45, 7) is 0.286. The maximum atomic E-state index is 12.3. The number of nitrogens with zero attached hydrogens (tertiary/aromatic N) is 3. The minimum atomic E-state index is -0.462. The van der Waals surface area contributed by atoms with Gasteiger partial charge in [-0.3, -0.25) is 14.9 Å². The molecule has 1 aliphatic heterocycles. The molecule has 2 aromatic rings. The zero-order chi connectivity index (χ0) is 17.1. The molecule has 1 aliphatic rings. The first-order valence-electron chi connectivity index (χ1n) is 7.31. The second-order valence-electron chi connectivity index (χ2n) is 5.27. The van der Waals surface area contributed by atoms with E-state index in [2.05, 4.69) is 20.5 Å². The number of anilines is 2. The van der Waals surface area contributed by atoms with Crippen LogP contribution in [0, 0.1) is 5.92 Å². The van der Waals surface area contributed by atoms with Gasteiger partial charge < -0.3 is 14.4 Å². The summed E-state index contributed by atoms with van der Waals surface area (Å²) < 4.78 is 10.4. The number of hydrogen-bond donors (Lipinski definition) is 2. The molecule has 0 aliphatic carbocycles. The first-order chi connectivity index (χ1) is 11.6. The number of aromatic amines is 1. The molecule has 9 nitrogen and oxygen atoms in total. The van der Waals surface area contributed by atoms with Crippen molar-refractivity contribution in [3.05, 3.63) is 24.5 Å². The molecular formula is C15H17N5O4. The zero-order valence-corrected chi connectivity index (χ0v) is 13.3. The van der Waals surface area contributed by atoms with Gasteiger partial charge in [-0.1, -0.05) is 0 Å². The van der Waals surface area contributed by atoms with Crippen LogP contribution >= 0.6 is 0 Å². The number of aromatic nitrogens is 3. The van der Waals surface area contributed by atoms with Gasteiger partial charge in [0.15, 0.2) is 11.5 Å². The molecule has 3 rings (SSSR count). The second kappa shape index (κ2) is 6.57. The Labute approximate surface area is 138 Å². The minimum absolute atomic E-state index is 0.125. The first kappa shape index (κ1) is 15.8. The molecule has 1 atom stereocenters. The monoisotopic (exact) mass is 331 g/mol. The summed E-state index contributed by atoms with van der Waals surface area (Å²) in [5.41, 5.74) is 0.660. The smallest absolute Gasteiger partial charge is 0.232 e. The van der Waals surface area contributed by atoms with Gasteiger partial charge in [0.25, 0.3) is 0 Å². The Morgan fingerprint density at radius 1 is 1.33 bits per heavy atom. The van der Waals surface area contributed by atoms with E-state index in [1.165, 1.54) is 13.4 Å². The zero-order valence-electron chi connectivity index (χ0n) is 13.3. The number of carbonyl (C=O) groups excluding carboxylic acids is 2. The predicted octanol–water partition coefficient (Wildman–Crippen LogP) is 0.813. The van der Waals surface area contributed by atoms with Crippen LogP contribution in [0.4, 0.5) is 11.6 Å². The Kier molecular flexibility index (Phi) is 4.32. The number of rotatable bonds is 5. The molecule has 9 heteroatoms. The molecule has 1 saturated heterocycles. The van der Waals surface area contributed by atoms with E-state index in [4.69, 9.17) is 9.47 Å². The fourth-order valence-electron chi connectivity index (χ4n) is 2.61. The highest BCUT2D eigenvalue weighted by atomic mass is 16.5. The van der Waals surface area contributed by atoms with Crippen LogP contribution in [0.3, 0.4) is 0 Å². The van der Waals surface area contributed by atoms with E-state index in [1.807, 2.05) is 0 Å². The summed E-state index contributed by atoms with van der Waals surface area (Å²) in [5.74, 6) is 0.501. The molecule has 1 aromatic heterocycles. The number of nitrogens with one attached hydrogen (secondary N) is 2. The van der Waals surface area contributed by atoms with Crippen LogP contribution in [-0.4, -0.2) is 47.8 Å².